The number of halogens is 1. The van der Waals surface area contributed by atoms with E-state index in [0.717, 1.165) is 11.3 Å². The van der Waals surface area contributed by atoms with E-state index in [-0.39, 0.29) is 16.5 Å². The van der Waals surface area contributed by atoms with E-state index in [4.69, 9.17) is 21.1 Å². The fourth-order valence-electron chi connectivity index (χ4n) is 2.57. The zero-order valence-corrected chi connectivity index (χ0v) is 16.9. The summed E-state index contributed by atoms with van der Waals surface area (Å²) in [6.45, 7) is 2.17. The lowest BCUT2D eigenvalue weighted by atomic mass is 10.1. The number of esters is 1. The summed E-state index contributed by atoms with van der Waals surface area (Å²) in [6.07, 6.45) is 1.62. The highest BCUT2D eigenvalue weighted by atomic mass is 35.5. The highest BCUT2D eigenvalue weighted by Crippen LogP contribution is 2.37. The second kappa shape index (κ2) is 8.91. The van der Waals surface area contributed by atoms with Gasteiger partial charge in [0.05, 0.1) is 30.0 Å². The zero-order chi connectivity index (χ0) is 20.1. The number of rotatable bonds is 6. The number of aromatic hydroxyl groups is 1. The third kappa shape index (κ3) is 4.35. The molecule has 0 aliphatic carbocycles. The van der Waals surface area contributed by atoms with Crippen LogP contribution in [0.3, 0.4) is 0 Å². The van der Waals surface area contributed by atoms with Crippen LogP contribution in [0.15, 0.2) is 47.8 Å². The van der Waals surface area contributed by atoms with Gasteiger partial charge in [0.25, 0.3) is 0 Å². The molecule has 0 radical (unpaired) electrons. The predicted octanol–water partition coefficient (Wildman–Crippen LogP) is 5.28. The van der Waals surface area contributed by atoms with Crippen LogP contribution in [0.1, 0.15) is 17.5 Å². The number of benzene rings is 2. The molecule has 0 fully saturated rings. The highest BCUT2D eigenvalue weighted by molar-refractivity contribution is 7.11. The SMILES string of the molecule is CCOc1cc(/C=C(\C(=O)OC)c2nc(-c3ccccc3)cs2)cc(Cl)c1O. The number of carbonyl (C=O) groups excluding carboxylic acids is 1. The second-order valence-electron chi connectivity index (χ2n) is 5.74. The maximum atomic E-state index is 12.4. The number of nitrogens with zero attached hydrogens (tertiary/aromatic N) is 1. The van der Waals surface area contributed by atoms with Crippen molar-refractivity contribution in [3.63, 3.8) is 0 Å². The molecule has 0 amide bonds. The Hall–Kier alpha value is -2.83. The number of phenolic OH excluding ortho intramolecular Hbond substituents is 1. The van der Waals surface area contributed by atoms with Gasteiger partial charge in [0.2, 0.25) is 0 Å². The molecule has 1 N–H and O–H groups in total. The van der Waals surface area contributed by atoms with Gasteiger partial charge in [0.15, 0.2) is 11.5 Å². The van der Waals surface area contributed by atoms with E-state index in [2.05, 4.69) is 4.98 Å². The number of hydrogen-bond acceptors (Lipinski definition) is 6. The lowest BCUT2D eigenvalue weighted by Crippen LogP contribution is -2.04. The summed E-state index contributed by atoms with van der Waals surface area (Å²) in [5, 5.41) is 12.5. The molecule has 0 atom stereocenters. The highest BCUT2D eigenvalue weighted by Gasteiger charge is 2.18. The van der Waals surface area contributed by atoms with E-state index in [1.54, 1.807) is 25.1 Å². The molecule has 0 aliphatic heterocycles. The van der Waals surface area contributed by atoms with Gasteiger partial charge in [-0.3, -0.25) is 0 Å². The average Bonchev–Trinajstić information content (AvgIpc) is 3.20. The average molecular weight is 416 g/mol. The van der Waals surface area contributed by atoms with E-state index < -0.39 is 5.97 Å². The molecule has 0 saturated heterocycles. The number of hydrogen-bond donors (Lipinski definition) is 1. The molecule has 144 valence electrons. The molecule has 0 unspecified atom stereocenters. The number of thiazole rings is 1. The fraction of sp³-hybridized carbons (Fsp3) is 0.143. The largest absolute Gasteiger partial charge is 0.503 e. The van der Waals surface area contributed by atoms with Crippen LogP contribution in [0.25, 0.3) is 22.9 Å². The van der Waals surface area contributed by atoms with Crippen molar-refractivity contribution in [2.24, 2.45) is 0 Å². The molecule has 3 aromatic rings. The predicted molar refractivity (Wildman–Crippen MR) is 112 cm³/mol. The first-order valence-corrected chi connectivity index (χ1v) is 9.76. The molecule has 2 aromatic carbocycles. The molecule has 3 rings (SSSR count). The van der Waals surface area contributed by atoms with E-state index in [1.807, 2.05) is 35.7 Å². The van der Waals surface area contributed by atoms with Crippen molar-refractivity contribution in [2.45, 2.75) is 6.92 Å². The Bertz CT molecular complexity index is 1010. The monoisotopic (exact) mass is 415 g/mol. The first kappa shape index (κ1) is 19.9. The van der Waals surface area contributed by atoms with Crippen LogP contribution >= 0.6 is 22.9 Å². The maximum Gasteiger partial charge on any atom is 0.340 e. The van der Waals surface area contributed by atoms with Crippen molar-refractivity contribution in [3.8, 4) is 22.8 Å². The third-order valence-corrected chi connectivity index (χ3v) is 5.03. The number of aromatic nitrogens is 1. The first-order chi connectivity index (χ1) is 13.5. The van der Waals surface area contributed by atoms with Crippen LogP contribution in [0.5, 0.6) is 11.5 Å². The lowest BCUT2D eigenvalue weighted by molar-refractivity contribution is -0.133. The van der Waals surface area contributed by atoms with Crippen LogP contribution in [-0.4, -0.2) is 29.8 Å². The zero-order valence-electron chi connectivity index (χ0n) is 15.3. The molecule has 1 heterocycles. The summed E-state index contributed by atoms with van der Waals surface area (Å²) < 4.78 is 10.3. The minimum Gasteiger partial charge on any atom is -0.503 e. The van der Waals surface area contributed by atoms with Crippen LogP contribution in [0, 0.1) is 0 Å². The minimum absolute atomic E-state index is 0.130. The molecule has 5 nitrogen and oxygen atoms in total. The van der Waals surface area contributed by atoms with Crippen molar-refractivity contribution in [1.29, 1.82) is 0 Å². The van der Waals surface area contributed by atoms with Crippen molar-refractivity contribution in [2.75, 3.05) is 13.7 Å². The molecule has 0 spiro atoms. The molecule has 1 aromatic heterocycles. The van der Waals surface area contributed by atoms with Crippen molar-refractivity contribution in [1.82, 2.24) is 4.98 Å². The van der Waals surface area contributed by atoms with Gasteiger partial charge in [-0.25, -0.2) is 9.78 Å². The molecule has 7 heteroatoms. The number of phenols is 1. The summed E-state index contributed by atoms with van der Waals surface area (Å²) >= 11 is 7.44. The van der Waals surface area contributed by atoms with Crippen LogP contribution in [0.2, 0.25) is 5.02 Å². The second-order valence-corrected chi connectivity index (χ2v) is 7.00. The summed E-state index contributed by atoms with van der Waals surface area (Å²) in [4.78, 5) is 17.0. The molecule has 28 heavy (non-hydrogen) atoms. The Morgan fingerprint density at radius 3 is 2.71 bits per heavy atom. The van der Waals surface area contributed by atoms with Gasteiger partial charge in [-0.05, 0) is 30.7 Å². The lowest BCUT2D eigenvalue weighted by Gasteiger charge is -2.09. The van der Waals surface area contributed by atoms with E-state index in [1.165, 1.54) is 18.4 Å². The van der Waals surface area contributed by atoms with Crippen molar-refractivity contribution < 1.29 is 19.4 Å². The fourth-order valence-corrected chi connectivity index (χ4v) is 3.62. The van der Waals surface area contributed by atoms with Gasteiger partial charge in [0.1, 0.15) is 5.01 Å². The molecular weight excluding hydrogens is 398 g/mol. The van der Waals surface area contributed by atoms with Gasteiger partial charge in [-0.15, -0.1) is 11.3 Å². The molecular formula is C21H18ClNO4S. The third-order valence-electron chi connectivity index (χ3n) is 3.87. The van der Waals surface area contributed by atoms with Gasteiger partial charge >= 0.3 is 5.97 Å². The molecule has 0 saturated carbocycles. The quantitative estimate of drug-likeness (QED) is 0.438. The Morgan fingerprint density at radius 2 is 2.04 bits per heavy atom. The Kier molecular flexibility index (Phi) is 6.34. The summed E-state index contributed by atoms with van der Waals surface area (Å²) in [5.41, 5.74) is 2.61. The Morgan fingerprint density at radius 1 is 1.29 bits per heavy atom. The number of ether oxygens (including phenoxy) is 2. The van der Waals surface area contributed by atoms with E-state index in [0.29, 0.717) is 22.8 Å². The van der Waals surface area contributed by atoms with Gasteiger partial charge in [0, 0.05) is 10.9 Å². The van der Waals surface area contributed by atoms with Crippen molar-refractivity contribution in [3.05, 3.63) is 63.4 Å². The summed E-state index contributed by atoms with van der Waals surface area (Å²) in [5.74, 6) is -0.411. The first-order valence-electron chi connectivity index (χ1n) is 8.50. The Balaban J connectivity index is 2.05. The maximum absolute atomic E-state index is 12.4. The van der Waals surface area contributed by atoms with Crippen molar-refractivity contribution >= 4 is 40.6 Å². The number of carbonyl (C=O) groups is 1. The van der Waals surface area contributed by atoms with Gasteiger partial charge in [-0.1, -0.05) is 41.9 Å². The summed E-state index contributed by atoms with van der Waals surface area (Å²) in [7, 11) is 1.32. The molecule has 0 aliphatic rings. The number of methoxy groups -OCH3 is 1. The van der Waals surface area contributed by atoms with E-state index in [9.17, 15) is 9.90 Å². The molecule has 0 bridgehead atoms. The van der Waals surface area contributed by atoms with Crippen LogP contribution < -0.4 is 4.74 Å². The van der Waals surface area contributed by atoms with Crippen LogP contribution in [0.4, 0.5) is 0 Å². The normalized spacial score (nSPS) is 11.3. The summed E-state index contributed by atoms with van der Waals surface area (Å²) in [6, 6.07) is 12.9. The Labute approximate surface area is 171 Å². The van der Waals surface area contributed by atoms with Gasteiger partial charge < -0.3 is 14.6 Å². The minimum atomic E-state index is -0.517. The van der Waals surface area contributed by atoms with Gasteiger partial charge in [-0.2, -0.15) is 0 Å². The van der Waals surface area contributed by atoms with E-state index >= 15 is 0 Å². The van der Waals surface area contributed by atoms with Crippen LogP contribution in [-0.2, 0) is 9.53 Å². The topological polar surface area (TPSA) is 68.7 Å². The standard InChI is InChI=1S/C21H18ClNO4S/c1-3-27-18-11-13(10-16(22)19(18)24)9-15(21(25)26-2)20-23-17(12-28-20)14-7-5-4-6-8-14/h4-12,24H,3H2,1-2H3/b15-9-. The smallest absolute Gasteiger partial charge is 0.340 e.